The van der Waals surface area contributed by atoms with Crippen LogP contribution < -0.4 is 5.73 Å². The van der Waals surface area contributed by atoms with Crippen LogP contribution in [-0.2, 0) is 6.42 Å². The largest absolute Gasteiger partial charge is 0.351 e. The number of primary amides is 1. The Bertz CT molecular complexity index is 273. The zero-order valence-corrected chi connectivity index (χ0v) is 7.60. The number of nitrogens with zero attached hydrogens (tertiary/aromatic N) is 2. The number of likely N-dealkylation sites (N-methyl/N-ethyl adjacent to an activating group) is 1. The summed E-state index contributed by atoms with van der Waals surface area (Å²) in [6.07, 6.45) is 4.28. The van der Waals surface area contributed by atoms with E-state index in [0.29, 0.717) is 6.54 Å². The average molecular weight is 179 g/mol. The molecule has 2 amide bonds. The molecule has 4 nitrogen and oxygen atoms in total. The molecular formula is C9H13N3O. The maximum absolute atomic E-state index is 10.7. The normalized spacial score (nSPS) is 9.62. The Kier molecular flexibility index (Phi) is 3.25. The second-order valence-electron chi connectivity index (χ2n) is 2.87. The van der Waals surface area contributed by atoms with Gasteiger partial charge in [-0.05, 0) is 24.1 Å². The number of pyridine rings is 1. The fourth-order valence-electron chi connectivity index (χ4n) is 0.956. The van der Waals surface area contributed by atoms with E-state index in [9.17, 15) is 4.79 Å². The lowest BCUT2D eigenvalue weighted by atomic mass is 10.2. The molecule has 1 aromatic rings. The Balaban J connectivity index is 2.39. The van der Waals surface area contributed by atoms with Crippen molar-refractivity contribution in [2.45, 2.75) is 6.42 Å². The number of carbonyl (C=O) groups is 1. The van der Waals surface area contributed by atoms with Gasteiger partial charge in [0.25, 0.3) is 0 Å². The van der Waals surface area contributed by atoms with Crippen molar-refractivity contribution in [3.05, 3.63) is 30.1 Å². The van der Waals surface area contributed by atoms with E-state index in [4.69, 9.17) is 5.73 Å². The molecule has 70 valence electrons. The van der Waals surface area contributed by atoms with E-state index in [2.05, 4.69) is 4.98 Å². The van der Waals surface area contributed by atoms with Crippen LogP contribution in [0.15, 0.2) is 24.5 Å². The number of hydrogen-bond acceptors (Lipinski definition) is 2. The Labute approximate surface area is 77.4 Å². The Morgan fingerprint density at radius 3 is 2.69 bits per heavy atom. The number of urea groups is 1. The van der Waals surface area contributed by atoms with Crippen molar-refractivity contribution in [2.75, 3.05) is 13.6 Å². The molecule has 0 aliphatic heterocycles. The van der Waals surface area contributed by atoms with E-state index >= 15 is 0 Å². The van der Waals surface area contributed by atoms with E-state index in [1.165, 1.54) is 4.90 Å². The molecule has 0 saturated heterocycles. The summed E-state index contributed by atoms with van der Waals surface area (Å²) >= 11 is 0. The van der Waals surface area contributed by atoms with Gasteiger partial charge in [0.05, 0.1) is 0 Å². The summed E-state index contributed by atoms with van der Waals surface area (Å²) in [4.78, 5) is 16.0. The molecule has 1 rings (SSSR count). The van der Waals surface area contributed by atoms with Gasteiger partial charge >= 0.3 is 6.03 Å². The summed E-state index contributed by atoms with van der Waals surface area (Å²) in [7, 11) is 1.68. The van der Waals surface area contributed by atoms with Gasteiger partial charge in [0.15, 0.2) is 0 Å². The average Bonchev–Trinajstić information content (AvgIpc) is 2.15. The highest BCUT2D eigenvalue weighted by molar-refractivity contribution is 5.71. The van der Waals surface area contributed by atoms with Gasteiger partial charge in [-0.3, -0.25) is 4.98 Å². The van der Waals surface area contributed by atoms with Gasteiger partial charge in [0.2, 0.25) is 0 Å². The van der Waals surface area contributed by atoms with Crippen LogP contribution in [0.2, 0.25) is 0 Å². The van der Waals surface area contributed by atoms with E-state index in [1.807, 2.05) is 12.1 Å². The van der Waals surface area contributed by atoms with Crippen molar-refractivity contribution in [3.63, 3.8) is 0 Å². The quantitative estimate of drug-likeness (QED) is 0.740. The van der Waals surface area contributed by atoms with Crippen LogP contribution in [0.5, 0.6) is 0 Å². The molecule has 0 aromatic carbocycles. The second kappa shape index (κ2) is 4.45. The highest BCUT2D eigenvalue weighted by Gasteiger charge is 2.01. The van der Waals surface area contributed by atoms with Gasteiger partial charge in [-0.2, -0.15) is 0 Å². The standard InChI is InChI=1S/C9H13N3O/c1-12(9(10)13)7-4-8-2-5-11-6-3-8/h2-3,5-6H,4,7H2,1H3,(H2,10,13). The number of nitrogens with two attached hydrogens (primary N) is 1. The first-order valence-electron chi connectivity index (χ1n) is 4.09. The summed E-state index contributed by atoms with van der Waals surface area (Å²) in [5, 5.41) is 0. The van der Waals surface area contributed by atoms with Crippen molar-refractivity contribution in [1.82, 2.24) is 9.88 Å². The molecule has 0 aliphatic rings. The lowest BCUT2D eigenvalue weighted by Crippen LogP contribution is -2.33. The van der Waals surface area contributed by atoms with Crippen LogP contribution in [-0.4, -0.2) is 29.5 Å². The van der Waals surface area contributed by atoms with Crippen LogP contribution in [0.1, 0.15) is 5.56 Å². The molecule has 0 atom stereocenters. The predicted molar refractivity (Wildman–Crippen MR) is 50.2 cm³/mol. The molecule has 0 bridgehead atoms. The first-order valence-corrected chi connectivity index (χ1v) is 4.09. The van der Waals surface area contributed by atoms with E-state index in [1.54, 1.807) is 19.4 Å². The van der Waals surface area contributed by atoms with Crippen LogP contribution in [0.25, 0.3) is 0 Å². The monoisotopic (exact) mass is 179 g/mol. The maximum atomic E-state index is 10.7. The molecule has 0 radical (unpaired) electrons. The summed E-state index contributed by atoms with van der Waals surface area (Å²) in [6.45, 7) is 0.638. The van der Waals surface area contributed by atoms with Crippen molar-refractivity contribution in [2.24, 2.45) is 5.73 Å². The second-order valence-corrected chi connectivity index (χ2v) is 2.87. The lowest BCUT2D eigenvalue weighted by Gasteiger charge is -2.13. The van der Waals surface area contributed by atoms with Crippen molar-refractivity contribution >= 4 is 6.03 Å². The molecule has 1 heterocycles. The lowest BCUT2D eigenvalue weighted by molar-refractivity contribution is 0.219. The molecule has 1 aromatic heterocycles. The maximum Gasteiger partial charge on any atom is 0.314 e. The van der Waals surface area contributed by atoms with E-state index in [0.717, 1.165) is 12.0 Å². The molecule has 2 N–H and O–H groups in total. The number of carbonyl (C=O) groups excluding carboxylic acids is 1. The number of rotatable bonds is 3. The Morgan fingerprint density at radius 2 is 2.15 bits per heavy atom. The fraction of sp³-hybridized carbons (Fsp3) is 0.333. The molecule has 0 unspecified atom stereocenters. The molecular weight excluding hydrogens is 166 g/mol. The Morgan fingerprint density at radius 1 is 1.54 bits per heavy atom. The van der Waals surface area contributed by atoms with Crippen LogP contribution in [0, 0.1) is 0 Å². The number of amides is 2. The summed E-state index contributed by atoms with van der Waals surface area (Å²) in [5.74, 6) is 0. The molecule has 0 fully saturated rings. The van der Waals surface area contributed by atoms with Gasteiger partial charge in [0, 0.05) is 26.0 Å². The van der Waals surface area contributed by atoms with Crippen LogP contribution in [0.3, 0.4) is 0 Å². The molecule has 0 spiro atoms. The summed E-state index contributed by atoms with van der Waals surface area (Å²) < 4.78 is 0. The minimum absolute atomic E-state index is 0.394. The van der Waals surface area contributed by atoms with Gasteiger partial charge in [-0.25, -0.2) is 4.79 Å². The fourth-order valence-corrected chi connectivity index (χ4v) is 0.956. The highest BCUT2D eigenvalue weighted by Crippen LogP contribution is 1.98. The van der Waals surface area contributed by atoms with Crippen LogP contribution >= 0.6 is 0 Å². The highest BCUT2D eigenvalue weighted by atomic mass is 16.2. The van der Waals surface area contributed by atoms with Crippen molar-refractivity contribution < 1.29 is 4.79 Å². The van der Waals surface area contributed by atoms with Gasteiger partial charge in [-0.15, -0.1) is 0 Å². The molecule has 4 heteroatoms. The van der Waals surface area contributed by atoms with Crippen molar-refractivity contribution in [3.8, 4) is 0 Å². The Hall–Kier alpha value is -1.58. The first kappa shape index (κ1) is 9.51. The smallest absolute Gasteiger partial charge is 0.314 e. The SMILES string of the molecule is CN(CCc1ccncc1)C(N)=O. The third-order valence-corrected chi connectivity index (χ3v) is 1.86. The zero-order valence-electron chi connectivity index (χ0n) is 7.60. The number of aromatic nitrogens is 1. The van der Waals surface area contributed by atoms with Gasteiger partial charge < -0.3 is 10.6 Å². The zero-order chi connectivity index (χ0) is 9.68. The molecule has 13 heavy (non-hydrogen) atoms. The predicted octanol–water partition coefficient (Wildman–Crippen LogP) is 0.635. The minimum atomic E-state index is -0.394. The third-order valence-electron chi connectivity index (χ3n) is 1.86. The first-order chi connectivity index (χ1) is 6.20. The van der Waals surface area contributed by atoms with E-state index in [-0.39, 0.29) is 0 Å². The third kappa shape index (κ3) is 3.11. The molecule has 0 saturated carbocycles. The molecule has 0 aliphatic carbocycles. The minimum Gasteiger partial charge on any atom is -0.351 e. The van der Waals surface area contributed by atoms with Crippen LogP contribution in [0.4, 0.5) is 4.79 Å². The van der Waals surface area contributed by atoms with Crippen molar-refractivity contribution in [1.29, 1.82) is 0 Å². The number of hydrogen-bond donors (Lipinski definition) is 1. The van der Waals surface area contributed by atoms with Gasteiger partial charge in [0.1, 0.15) is 0 Å². The summed E-state index contributed by atoms with van der Waals surface area (Å²) in [6, 6.07) is 3.46. The van der Waals surface area contributed by atoms with E-state index < -0.39 is 6.03 Å². The van der Waals surface area contributed by atoms with Gasteiger partial charge in [-0.1, -0.05) is 0 Å². The topological polar surface area (TPSA) is 59.2 Å². The summed E-state index contributed by atoms with van der Waals surface area (Å²) in [5.41, 5.74) is 6.23.